The van der Waals surface area contributed by atoms with E-state index in [0.717, 1.165) is 32.2 Å². The van der Waals surface area contributed by atoms with Crippen molar-refractivity contribution in [3.63, 3.8) is 0 Å². The van der Waals surface area contributed by atoms with Gasteiger partial charge >= 0.3 is 0 Å². The van der Waals surface area contributed by atoms with Gasteiger partial charge in [-0.25, -0.2) is 8.78 Å². The molecule has 2 heterocycles. The normalized spacial score (nSPS) is 28.6. The smallest absolute Gasteiger partial charge is 0.130 e. The van der Waals surface area contributed by atoms with E-state index < -0.39 is 11.6 Å². The lowest BCUT2D eigenvalue weighted by Gasteiger charge is -2.17. The van der Waals surface area contributed by atoms with E-state index in [0.29, 0.717) is 23.9 Å². The molecule has 0 aromatic heterocycles. The fourth-order valence-electron chi connectivity index (χ4n) is 2.97. The second-order valence-electron chi connectivity index (χ2n) is 5.11. The minimum atomic E-state index is -0.506. The Morgan fingerprint density at radius 3 is 2.53 bits per heavy atom. The van der Waals surface area contributed by atoms with Crippen LogP contribution in [0.3, 0.4) is 0 Å². The molecule has 0 saturated carbocycles. The maximum atomic E-state index is 13.5. The molecule has 1 aromatic carbocycles. The standard InChI is InChI=1S/C13H16F2N2/c14-12-2-1-9(13(15)3-12)6-17-7-10-4-16-5-11(10)8-17/h1-3,10-11,16H,4-8H2. The predicted octanol–water partition coefficient (Wildman–Crippen LogP) is 1.62. The van der Waals surface area contributed by atoms with Gasteiger partial charge in [0.1, 0.15) is 11.6 Å². The topological polar surface area (TPSA) is 15.3 Å². The number of hydrogen-bond acceptors (Lipinski definition) is 2. The Balaban J connectivity index is 1.67. The molecule has 0 amide bonds. The SMILES string of the molecule is Fc1ccc(CN2CC3CNCC3C2)c(F)c1. The highest BCUT2D eigenvalue weighted by Gasteiger charge is 2.35. The second kappa shape index (κ2) is 4.35. The van der Waals surface area contributed by atoms with Crippen molar-refractivity contribution < 1.29 is 8.78 Å². The summed E-state index contributed by atoms with van der Waals surface area (Å²) in [7, 11) is 0. The summed E-state index contributed by atoms with van der Waals surface area (Å²) < 4.78 is 26.3. The Hall–Kier alpha value is -1.00. The van der Waals surface area contributed by atoms with E-state index >= 15 is 0 Å². The van der Waals surface area contributed by atoms with E-state index in [2.05, 4.69) is 10.2 Å². The summed E-state index contributed by atoms with van der Waals surface area (Å²) in [5.74, 6) is 0.478. The van der Waals surface area contributed by atoms with E-state index in [1.807, 2.05) is 0 Å². The van der Waals surface area contributed by atoms with Gasteiger partial charge in [0.2, 0.25) is 0 Å². The average Bonchev–Trinajstić information content (AvgIpc) is 2.82. The predicted molar refractivity (Wildman–Crippen MR) is 61.5 cm³/mol. The van der Waals surface area contributed by atoms with Gasteiger partial charge in [0.05, 0.1) is 0 Å². The molecule has 0 bridgehead atoms. The molecule has 3 rings (SSSR count). The lowest BCUT2D eigenvalue weighted by atomic mass is 10.0. The number of halogens is 2. The molecule has 1 N–H and O–H groups in total. The molecule has 1 aromatic rings. The lowest BCUT2D eigenvalue weighted by Crippen LogP contribution is -2.25. The average molecular weight is 238 g/mol. The van der Waals surface area contributed by atoms with Crippen LogP contribution >= 0.6 is 0 Å². The van der Waals surface area contributed by atoms with Gasteiger partial charge in [0.25, 0.3) is 0 Å². The molecule has 2 saturated heterocycles. The minimum Gasteiger partial charge on any atom is -0.316 e. The number of benzene rings is 1. The third-order valence-corrected chi connectivity index (χ3v) is 3.87. The zero-order valence-corrected chi connectivity index (χ0v) is 9.63. The van der Waals surface area contributed by atoms with Crippen molar-refractivity contribution in [2.45, 2.75) is 6.54 Å². The molecule has 92 valence electrons. The molecule has 17 heavy (non-hydrogen) atoms. The van der Waals surface area contributed by atoms with Crippen molar-refractivity contribution in [3.8, 4) is 0 Å². The molecule has 0 spiro atoms. The highest BCUT2D eigenvalue weighted by Crippen LogP contribution is 2.27. The van der Waals surface area contributed by atoms with Crippen LogP contribution in [0.1, 0.15) is 5.56 Å². The van der Waals surface area contributed by atoms with Gasteiger partial charge in [-0.2, -0.15) is 0 Å². The summed E-state index contributed by atoms with van der Waals surface area (Å²) in [6.07, 6.45) is 0. The first-order valence-corrected chi connectivity index (χ1v) is 6.09. The van der Waals surface area contributed by atoms with Crippen LogP contribution < -0.4 is 5.32 Å². The van der Waals surface area contributed by atoms with Crippen LogP contribution in [-0.4, -0.2) is 31.1 Å². The molecule has 0 aliphatic carbocycles. The summed E-state index contributed by atoms with van der Waals surface area (Å²) >= 11 is 0. The lowest BCUT2D eigenvalue weighted by molar-refractivity contribution is 0.300. The first kappa shape index (κ1) is 11.1. The molecule has 2 unspecified atom stereocenters. The number of fused-ring (bicyclic) bond motifs is 1. The van der Waals surface area contributed by atoms with Gasteiger partial charge in [-0.05, 0) is 31.0 Å². The van der Waals surface area contributed by atoms with Crippen LogP contribution in [-0.2, 0) is 6.54 Å². The van der Waals surface area contributed by atoms with E-state index in [-0.39, 0.29) is 0 Å². The Labute approximate surface area is 99.6 Å². The van der Waals surface area contributed by atoms with Crippen LogP contribution in [0, 0.1) is 23.5 Å². The number of hydrogen-bond donors (Lipinski definition) is 1. The highest BCUT2D eigenvalue weighted by molar-refractivity contribution is 5.18. The molecule has 2 atom stereocenters. The van der Waals surface area contributed by atoms with E-state index in [1.165, 1.54) is 6.07 Å². The van der Waals surface area contributed by atoms with Crippen molar-refractivity contribution in [1.82, 2.24) is 10.2 Å². The van der Waals surface area contributed by atoms with Gasteiger partial charge in [-0.3, -0.25) is 4.90 Å². The molecule has 2 aliphatic rings. The zero-order valence-electron chi connectivity index (χ0n) is 9.63. The molecule has 2 nitrogen and oxygen atoms in total. The van der Waals surface area contributed by atoms with E-state index in [9.17, 15) is 8.78 Å². The number of nitrogens with zero attached hydrogens (tertiary/aromatic N) is 1. The zero-order chi connectivity index (χ0) is 11.8. The Morgan fingerprint density at radius 1 is 1.18 bits per heavy atom. The number of nitrogens with one attached hydrogen (secondary N) is 1. The van der Waals surface area contributed by atoms with Crippen LogP contribution in [0.4, 0.5) is 8.78 Å². The van der Waals surface area contributed by atoms with Crippen molar-refractivity contribution in [3.05, 3.63) is 35.4 Å². The molecular formula is C13H16F2N2. The molecule has 2 aliphatic heterocycles. The van der Waals surface area contributed by atoms with Crippen LogP contribution in [0.25, 0.3) is 0 Å². The third-order valence-electron chi connectivity index (χ3n) is 3.87. The minimum absolute atomic E-state index is 0.430. The second-order valence-corrected chi connectivity index (χ2v) is 5.11. The maximum absolute atomic E-state index is 13.5. The van der Waals surface area contributed by atoms with Gasteiger partial charge < -0.3 is 5.32 Å². The Morgan fingerprint density at radius 2 is 1.88 bits per heavy atom. The maximum Gasteiger partial charge on any atom is 0.130 e. The summed E-state index contributed by atoms with van der Waals surface area (Å²) in [6.45, 7) is 4.79. The quantitative estimate of drug-likeness (QED) is 0.842. The number of rotatable bonds is 2. The summed E-state index contributed by atoms with van der Waals surface area (Å²) in [5.41, 5.74) is 0.597. The number of likely N-dealkylation sites (tertiary alicyclic amines) is 1. The monoisotopic (exact) mass is 238 g/mol. The highest BCUT2D eigenvalue weighted by atomic mass is 19.1. The molecule has 2 fully saturated rings. The van der Waals surface area contributed by atoms with Crippen LogP contribution in [0.2, 0.25) is 0 Å². The van der Waals surface area contributed by atoms with Crippen LogP contribution in [0.5, 0.6) is 0 Å². The van der Waals surface area contributed by atoms with Gasteiger partial charge in [-0.1, -0.05) is 6.07 Å². The van der Waals surface area contributed by atoms with Crippen molar-refractivity contribution in [1.29, 1.82) is 0 Å². The van der Waals surface area contributed by atoms with Crippen molar-refractivity contribution in [2.75, 3.05) is 26.2 Å². The Kier molecular flexibility index (Phi) is 2.84. The van der Waals surface area contributed by atoms with Crippen LogP contribution in [0.15, 0.2) is 18.2 Å². The fourth-order valence-corrected chi connectivity index (χ4v) is 2.97. The van der Waals surface area contributed by atoms with E-state index in [1.54, 1.807) is 6.07 Å². The summed E-state index contributed by atoms with van der Waals surface area (Å²) in [4.78, 5) is 2.27. The fraction of sp³-hybridized carbons (Fsp3) is 0.538. The van der Waals surface area contributed by atoms with E-state index in [4.69, 9.17) is 0 Å². The van der Waals surface area contributed by atoms with Crippen molar-refractivity contribution >= 4 is 0 Å². The molecule has 0 radical (unpaired) electrons. The third kappa shape index (κ3) is 2.19. The first-order chi connectivity index (χ1) is 8.22. The molecular weight excluding hydrogens is 222 g/mol. The first-order valence-electron chi connectivity index (χ1n) is 6.09. The van der Waals surface area contributed by atoms with Crippen molar-refractivity contribution in [2.24, 2.45) is 11.8 Å². The summed E-state index contributed by atoms with van der Waals surface area (Å²) in [6, 6.07) is 3.85. The largest absolute Gasteiger partial charge is 0.316 e. The molecule has 4 heteroatoms. The summed E-state index contributed by atoms with van der Waals surface area (Å²) in [5, 5.41) is 3.38. The Bertz CT molecular complexity index is 410. The van der Waals surface area contributed by atoms with Gasteiger partial charge in [0, 0.05) is 31.3 Å². The van der Waals surface area contributed by atoms with Gasteiger partial charge in [-0.15, -0.1) is 0 Å². The van der Waals surface area contributed by atoms with Gasteiger partial charge in [0.15, 0.2) is 0 Å².